The van der Waals surface area contributed by atoms with Gasteiger partial charge in [0.15, 0.2) is 0 Å². The Balaban J connectivity index is 1.72. The molecule has 0 atom stereocenters. The Morgan fingerprint density at radius 3 is 1.30 bits per heavy atom. The molecule has 0 spiro atoms. The van der Waals surface area contributed by atoms with Crippen molar-refractivity contribution in [2.45, 2.75) is 0 Å². The zero-order chi connectivity index (χ0) is 21.5. The first-order chi connectivity index (χ1) is 14.9. The molecule has 0 unspecified atom stereocenters. The van der Waals surface area contributed by atoms with E-state index in [9.17, 15) is 4.79 Å². The maximum Gasteiger partial charge on any atom is 0.150 e. The number of aldehydes is 1. The van der Waals surface area contributed by atoms with Crippen molar-refractivity contribution in [3.63, 3.8) is 0 Å². The molecule has 1 rings (SSSR count). The number of hydrogen-bond acceptors (Lipinski definition) is 9. The average Bonchev–Trinajstić information content (AvgIpc) is 2.78. The van der Waals surface area contributed by atoms with Gasteiger partial charge in [0.25, 0.3) is 0 Å². The molecule has 30 heavy (non-hydrogen) atoms. The maximum absolute atomic E-state index is 10.6. The molecule has 0 bridgehead atoms. The van der Waals surface area contributed by atoms with E-state index in [0.717, 1.165) is 6.29 Å². The van der Waals surface area contributed by atoms with Crippen LogP contribution in [0.2, 0.25) is 0 Å². The molecule has 0 amide bonds. The highest BCUT2D eigenvalue weighted by Gasteiger charge is 1.96. The standard InChI is InChI=1S/C21H35NO8/c22-5-6-24-7-8-25-9-10-26-11-12-27-13-14-28-15-16-29-17-18-30-21-3-1-20(19-23)2-4-21/h1-4,19H,5-18,22H2. The fraction of sp³-hybridized carbons (Fsp3) is 0.667. The van der Waals surface area contributed by atoms with Gasteiger partial charge in [0.2, 0.25) is 0 Å². The van der Waals surface area contributed by atoms with Gasteiger partial charge >= 0.3 is 0 Å². The molecule has 0 aliphatic rings. The third-order valence-corrected chi connectivity index (χ3v) is 3.63. The van der Waals surface area contributed by atoms with E-state index >= 15 is 0 Å². The molecular weight excluding hydrogens is 394 g/mol. The van der Waals surface area contributed by atoms with Gasteiger partial charge in [0.05, 0.1) is 79.3 Å². The second-order valence-electron chi connectivity index (χ2n) is 6.00. The normalized spacial score (nSPS) is 11.0. The smallest absolute Gasteiger partial charge is 0.150 e. The van der Waals surface area contributed by atoms with Crippen LogP contribution in [0.1, 0.15) is 10.4 Å². The molecule has 0 saturated heterocycles. The molecule has 0 saturated carbocycles. The Kier molecular flexibility index (Phi) is 18.2. The van der Waals surface area contributed by atoms with Crippen LogP contribution >= 0.6 is 0 Å². The summed E-state index contributed by atoms with van der Waals surface area (Å²) in [6, 6.07) is 6.94. The van der Waals surface area contributed by atoms with Gasteiger partial charge in [0.1, 0.15) is 18.6 Å². The van der Waals surface area contributed by atoms with Gasteiger partial charge in [-0.05, 0) is 24.3 Å². The van der Waals surface area contributed by atoms with Gasteiger partial charge in [0, 0.05) is 12.1 Å². The van der Waals surface area contributed by atoms with Crippen LogP contribution in [-0.4, -0.2) is 98.7 Å². The summed E-state index contributed by atoms with van der Waals surface area (Å²) < 4.78 is 37.7. The highest BCUT2D eigenvalue weighted by molar-refractivity contribution is 5.74. The molecule has 9 nitrogen and oxygen atoms in total. The molecule has 0 fully saturated rings. The zero-order valence-electron chi connectivity index (χ0n) is 17.6. The summed E-state index contributed by atoms with van der Waals surface area (Å²) in [6.07, 6.45) is 0.799. The Labute approximate surface area is 178 Å². The van der Waals surface area contributed by atoms with Crippen molar-refractivity contribution in [3.05, 3.63) is 29.8 Å². The Hall–Kier alpha value is -1.59. The lowest BCUT2D eigenvalue weighted by molar-refractivity contribution is -0.0175. The first-order valence-corrected chi connectivity index (χ1v) is 10.2. The molecular formula is C21H35NO8. The summed E-state index contributed by atoms with van der Waals surface area (Å²) in [6.45, 7) is 7.21. The largest absolute Gasteiger partial charge is 0.491 e. The summed E-state index contributed by atoms with van der Waals surface area (Å²) >= 11 is 0. The highest BCUT2D eigenvalue weighted by atomic mass is 16.6. The van der Waals surface area contributed by atoms with Crippen molar-refractivity contribution in [1.82, 2.24) is 0 Å². The summed E-state index contributed by atoms with van der Waals surface area (Å²) in [5, 5.41) is 0. The van der Waals surface area contributed by atoms with Crippen LogP contribution < -0.4 is 10.5 Å². The van der Waals surface area contributed by atoms with E-state index in [-0.39, 0.29) is 0 Å². The Morgan fingerprint density at radius 2 is 0.933 bits per heavy atom. The second-order valence-corrected chi connectivity index (χ2v) is 6.00. The number of benzene rings is 1. The predicted octanol–water partition coefficient (Wildman–Crippen LogP) is 0.936. The summed E-state index contributed by atoms with van der Waals surface area (Å²) in [7, 11) is 0. The number of carbonyl (C=O) groups excluding carboxylic acids is 1. The third kappa shape index (κ3) is 16.2. The van der Waals surface area contributed by atoms with Gasteiger partial charge < -0.3 is 38.9 Å². The van der Waals surface area contributed by atoms with E-state index in [1.165, 1.54) is 0 Å². The van der Waals surface area contributed by atoms with Gasteiger partial charge in [-0.15, -0.1) is 0 Å². The molecule has 0 radical (unpaired) electrons. The van der Waals surface area contributed by atoms with Gasteiger partial charge in [-0.25, -0.2) is 0 Å². The van der Waals surface area contributed by atoms with E-state index in [4.69, 9.17) is 38.9 Å². The molecule has 0 heterocycles. The minimum atomic E-state index is 0.441. The van der Waals surface area contributed by atoms with E-state index in [1.54, 1.807) is 24.3 Å². The van der Waals surface area contributed by atoms with Crippen LogP contribution in [0.3, 0.4) is 0 Å². The van der Waals surface area contributed by atoms with Crippen LogP contribution in [0.15, 0.2) is 24.3 Å². The SMILES string of the molecule is NCCOCCOCCOCCOCCOCCOCCOc1ccc(C=O)cc1. The minimum Gasteiger partial charge on any atom is -0.491 e. The molecule has 0 aliphatic heterocycles. The average molecular weight is 430 g/mol. The summed E-state index contributed by atoms with van der Waals surface area (Å²) in [5.74, 6) is 0.710. The Bertz CT molecular complexity index is 500. The molecule has 2 N–H and O–H groups in total. The number of hydrogen-bond donors (Lipinski definition) is 1. The third-order valence-electron chi connectivity index (χ3n) is 3.63. The molecule has 0 aromatic heterocycles. The Morgan fingerprint density at radius 1 is 0.567 bits per heavy atom. The number of rotatable bonds is 22. The van der Waals surface area contributed by atoms with E-state index in [0.29, 0.717) is 104 Å². The topological polar surface area (TPSA) is 108 Å². The van der Waals surface area contributed by atoms with Crippen molar-refractivity contribution >= 4 is 6.29 Å². The lowest BCUT2D eigenvalue weighted by atomic mass is 10.2. The van der Waals surface area contributed by atoms with Gasteiger partial charge in [-0.1, -0.05) is 0 Å². The summed E-state index contributed by atoms with van der Waals surface area (Å²) in [4.78, 5) is 10.6. The van der Waals surface area contributed by atoms with Gasteiger partial charge in [-0.2, -0.15) is 0 Å². The van der Waals surface area contributed by atoms with Crippen molar-refractivity contribution in [1.29, 1.82) is 0 Å². The zero-order valence-corrected chi connectivity index (χ0v) is 17.6. The second kappa shape index (κ2) is 20.7. The first kappa shape index (κ1) is 26.4. The quantitative estimate of drug-likeness (QED) is 0.213. The van der Waals surface area contributed by atoms with Crippen molar-refractivity contribution in [2.75, 3.05) is 92.4 Å². The molecule has 1 aromatic carbocycles. The van der Waals surface area contributed by atoms with Crippen LogP contribution in [-0.2, 0) is 28.4 Å². The fourth-order valence-corrected chi connectivity index (χ4v) is 2.15. The van der Waals surface area contributed by atoms with Crippen molar-refractivity contribution in [2.24, 2.45) is 5.73 Å². The number of ether oxygens (including phenoxy) is 7. The summed E-state index contributed by atoms with van der Waals surface area (Å²) in [5.41, 5.74) is 5.93. The number of carbonyl (C=O) groups is 1. The van der Waals surface area contributed by atoms with Crippen LogP contribution in [0.25, 0.3) is 0 Å². The van der Waals surface area contributed by atoms with Crippen LogP contribution in [0.4, 0.5) is 0 Å². The molecule has 9 heteroatoms. The molecule has 0 aliphatic carbocycles. The van der Waals surface area contributed by atoms with Gasteiger partial charge in [-0.3, -0.25) is 4.79 Å². The first-order valence-electron chi connectivity index (χ1n) is 10.2. The number of nitrogens with two attached hydrogens (primary N) is 1. The van der Waals surface area contributed by atoms with Crippen molar-refractivity contribution < 1.29 is 38.0 Å². The lowest BCUT2D eigenvalue weighted by Crippen LogP contribution is -2.15. The van der Waals surface area contributed by atoms with E-state index in [1.807, 2.05) is 0 Å². The molecule has 172 valence electrons. The monoisotopic (exact) mass is 429 g/mol. The predicted molar refractivity (Wildman–Crippen MR) is 111 cm³/mol. The van der Waals surface area contributed by atoms with Crippen LogP contribution in [0, 0.1) is 0 Å². The highest BCUT2D eigenvalue weighted by Crippen LogP contribution is 2.10. The maximum atomic E-state index is 10.6. The van der Waals surface area contributed by atoms with Crippen LogP contribution in [0.5, 0.6) is 5.75 Å². The van der Waals surface area contributed by atoms with E-state index in [2.05, 4.69) is 0 Å². The fourth-order valence-electron chi connectivity index (χ4n) is 2.15. The lowest BCUT2D eigenvalue weighted by Gasteiger charge is -2.09. The minimum absolute atomic E-state index is 0.441. The van der Waals surface area contributed by atoms with Crippen molar-refractivity contribution in [3.8, 4) is 5.75 Å². The van der Waals surface area contributed by atoms with E-state index < -0.39 is 0 Å². The molecule has 1 aromatic rings.